The Morgan fingerprint density at radius 1 is 1.25 bits per heavy atom. The molecule has 0 aliphatic rings. The highest BCUT2D eigenvalue weighted by molar-refractivity contribution is 6.04. The van der Waals surface area contributed by atoms with Crippen LogP contribution < -0.4 is 5.32 Å². The minimum atomic E-state index is -0.867. The number of phenols is 1. The van der Waals surface area contributed by atoms with Crippen molar-refractivity contribution in [3.05, 3.63) is 64.0 Å². The van der Waals surface area contributed by atoms with Gasteiger partial charge in [-0.15, -0.1) is 0 Å². The minimum absolute atomic E-state index is 0.0673. The van der Waals surface area contributed by atoms with Crippen molar-refractivity contribution in [3.8, 4) is 5.75 Å². The molecular formula is C13H9FN2O4. The molecule has 2 aromatic carbocycles. The zero-order valence-corrected chi connectivity index (χ0v) is 10.0. The quantitative estimate of drug-likeness (QED) is 0.665. The minimum Gasteiger partial charge on any atom is -0.508 e. The second kappa shape index (κ2) is 5.35. The van der Waals surface area contributed by atoms with Gasteiger partial charge < -0.3 is 10.4 Å². The van der Waals surface area contributed by atoms with Crippen LogP contribution >= 0.6 is 0 Å². The first-order chi connectivity index (χ1) is 9.47. The molecule has 0 aliphatic heterocycles. The number of halogens is 1. The fourth-order valence-electron chi connectivity index (χ4n) is 1.58. The number of non-ortho nitro benzene ring substituents is 1. The maximum absolute atomic E-state index is 13.5. The van der Waals surface area contributed by atoms with E-state index in [4.69, 9.17) is 0 Å². The number of carbonyl (C=O) groups excluding carboxylic acids is 1. The maximum Gasteiger partial charge on any atom is 0.270 e. The van der Waals surface area contributed by atoms with Crippen LogP contribution in [0.2, 0.25) is 0 Å². The number of anilines is 1. The SMILES string of the molecule is O=C(Nc1cccc(O)c1)c1cc([N+](=O)[O-])ccc1F. The van der Waals surface area contributed by atoms with Crippen LogP contribution in [0.5, 0.6) is 5.75 Å². The van der Waals surface area contributed by atoms with Crippen molar-refractivity contribution < 1.29 is 19.2 Å². The predicted molar refractivity (Wildman–Crippen MR) is 69.1 cm³/mol. The number of benzene rings is 2. The summed E-state index contributed by atoms with van der Waals surface area (Å²) in [5.41, 5.74) is -0.573. The average Bonchev–Trinajstić information content (AvgIpc) is 2.38. The van der Waals surface area contributed by atoms with Crippen LogP contribution in [-0.4, -0.2) is 15.9 Å². The van der Waals surface area contributed by atoms with Gasteiger partial charge in [-0.3, -0.25) is 14.9 Å². The third-order valence-electron chi connectivity index (χ3n) is 2.51. The van der Waals surface area contributed by atoms with Crippen LogP contribution in [0.1, 0.15) is 10.4 Å². The number of carbonyl (C=O) groups is 1. The van der Waals surface area contributed by atoms with Crippen LogP contribution in [0.25, 0.3) is 0 Å². The van der Waals surface area contributed by atoms with Gasteiger partial charge in [-0.25, -0.2) is 4.39 Å². The lowest BCUT2D eigenvalue weighted by molar-refractivity contribution is -0.384. The Bertz CT molecular complexity index is 688. The predicted octanol–water partition coefficient (Wildman–Crippen LogP) is 2.69. The highest BCUT2D eigenvalue weighted by atomic mass is 19.1. The van der Waals surface area contributed by atoms with Gasteiger partial charge in [-0.2, -0.15) is 0 Å². The average molecular weight is 276 g/mol. The number of nitrogens with one attached hydrogen (secondary N) is 1. The highest BCUT2D eigenvalue weighted by Crippen LogP contribution is 2.20. The molecule has 0 saturated heterocycles. The molecule has 0 saturated carbocycles. The molecule has 0 heterocycles. The largest absolute Gasteiger partial charge is 0.508 e. The first-order valence-corrected chi connectivity index (χ1v) is 5.51. The second-order valence-electron chi connectivity index (χ2n) is 3.93. The van der Waals surface area contributed by atoms with Gasteiger partial charge >= 0.3 is 0 Å². The summed E-state index contributed by atoms with van der Waals surface area (Å²) in [6.45, 7) is 0. The normalized spacial score (nSPS) is 10.1. The molecule has 0 aliphatic carbocycles. The van der Waals surface area contributed by atoms with Crippen molar-refractivity contribution in [1.82, 2.24) is 0 Å². The summed E-state index contributed by atoms with van der Waals surface area (Å²) >= 11 is 0. The third kappa shape index (κ3) is 2.89. The summed E-state index contributed by atoms with van der Waals surface area (Å²) < 4.78 is 13.5. The molecular weight excluding hydrogens is 267 g/mol. The van der Waals surface area contributed by atoms with E-state index in [1.807, 2.05) is 0 Å². The molecule has 0 spiro atoms. The molecule has 2 N–H and O–H groups in total. The van der Waals surface area contributed by atoms with Gasteiger partial charge in [-0.05, 0) is 18.2 Å². The maximum atomic E-state index is 13.5. The molecule has 0 bridgehead atoms. The van der Waals surface area contributed by atoms with Crippen LogP contribution in [-0.2, 0) is 0 Å². The number of hydrogen-bond acceptors (Lipinski definition) is 4. The van der Waals surface area contributed by atoms with Crippen molar-refractivity contribution in [1.29, 1.82) is 0 Å². The highest BCUT2D eigenvalue weighted by Gasteiger charge is 2.17. The van der Waals surface area contributed by atoms with E-state index in [9.17, 15) is 24.4 Å². The van der Waals surface area contributed by atoms with Crippen molar-refractivity contribution in [2.75, 3.05) is 5.32 Å². The molecule has 102 valence electrons. The Balaban J connectivity index is 2.29. The molecule has 0 aromatic heterocycles. The van der Waals surface area contributed by atoms with Crippen molar-refractivity contribution in [2.45, 2.75) is 0 Å². The van der Waals surface area contributed by atoms with Crippen molar-refractivity contribution in [2.24, 2.45) is 0 Å². The number of hydrogen-bond donors (Lipinski definition) is 2. The van der Waals surface area contributed by atoms with Gasteiger partial charge in [0, 0.05) is 23.9 Å². The standard InChI is InChI=1S/C13H9FN2O4/c14-12-5-4-9(16(19)20)7-11(12)13(18)15-8-2-1-3-10(17)6-8/h1-7,17H,(H,15,18). The van der Waals surface area contributed by atoms with Gasteiger partial charge in [0.2, 0.25) is 0 Å². The summed E-state index contributed by atoms with van der Waals surface area (Å²) in [5.74, 6) is -1.77. The zero-order valence-electron chi connectivity index (χ0n) is 10.0. The molecule has 1 amide bonds. The smallest absolute Gasteiger partial charge is 0.270 e. The number of phenolic OH excluding ortho intramolecular Hbond substituents is 1. The van der Waals surface area contributed by atoms with Crippen molar-refractivity contribution in [3.63, 3.8) is 0 Å². The van der Waals surface area contributed by atoms with Crippen LogP contribution in [0.15, 0.2) is 42.5 Å². The molecule has 20 heavy (non-hydrogen) atoms. The molecule has 0 unspecified atom stereocenters. The van der Waals surface area contributed by atoms with Gasteiger partial charge in [0.25, 0.3) is 11.6 Å². The number of aromatic hydroxyl groups is 1. The van der Waals surface area contributed by atoms with Gasteiger partial charge in [0.1, 0.15) is 11.6 Å². The summed E-state index contributed by atoms with van der Waals surface area (Å²) in [4.78, 5) is 21.8. The summed E-state index contributed by atoms with van der Waals surface area (Å²) in [6.07, 6.45) is 0. The van der Waals surface area contributed by atoms with E-state index in [0.717, 1.165) is 18.2 Å². The Kier molecular flexibility index (Phi) is 3.60. The Morgan fingerprint density at radius 2 is 2.00 bits per heavy atom. The van der Waals surface area contributed by atoms with Crippen LogP contribution in [0.4, 0.5) is 15.8 Å². The molecule has 0 atom stereocenters. The lowest BCUT2D eigenvalue weighted by Crippen LogP contribution is -2.14. The lowest BCUT2D eigenvalue weighted by Gasteiger charge is -2.06. The topological polar surface area (TPSA) is 92.5 Å². The number of rotatable bonds is 3. The monoisotopic (exact) mass is 276 g/mol. The Morgan fingerprint density at radius 3 is 2.65 bits per heavy atom. The summed E-state index contributed by atoms with van der Waals surface area (Å²) in [6, 6.07) is 8.35. The molecule has 0 radical (unpaired) electrons. The van der Waals surface area contributed by atoms with E-state index < -0.39 is 22.2 Å². The molecule has 0 fully saturated rings. The van der Waals surface area contributed by atoms with E-state index in [-0.39, 0.29) is 17.1 Å². The number of nitrogens with zero attached hydrogens (tertiary/aromatic N) is 1. The van der Waals surface area contributed by atoms with Crippen molar-refractivity contribution >= 4 is 17.3 Å². The fourth-order valence-corrected chi connectivity index (χ4v) is 1.58. The molecule has 7 heteroatoms. The van der Waals surface area contributed by atoms with E-state index in [2.05, 4.69) is 5.32 Å². The Labute approximate surface area is 112 Å². The fraction of sp³-hybridized carbons (Fsp3) is 0. The number of amides is 1. The molecule has 2 rings (SSSR count). The van der Waals surface area contributed by atoms with E-state index in [1.54, 1.807) is 0 Å². The van der Waals surface area contributed by atoms with Crippen LogP contribution in [0, 0.1) is 15.9 Å². The summed E-state index contributed by atoms with van der Waals surface area (Å²) in [7, 11) is 0. The lowest BCUT2D eigenvalue weighted by atomic mass is 10.1. The van der Waals surface area contributed by atoms with E-state index in [1.165, 1.54) is 24.3 Å². The zero-order chi connectivity index (χ0) is 14.7. The Hall–Kier alpha value is -2.96. The van der Waals surface area contributed by atoms with Gasteiger partial charge in [0.15, 0.2) is 0 Å². The van der Waals surface area contributed by atoms with Crippen LogP contribution in [0.3, 0.4) is 0 Å². The van der Waals surface area contributed by atoms with E-state index >= 15 is 0 Å². The first-order valence-electron chi connectivity index (χ1n) is 5.51. The first kappa shape index (κ1) is 13.5. The number of nitro benzene ring substituents is 1. The molecule has 6 nitrogen and oxygen atoms in total. The second-order valence-corrected chi connectivity index (χ2v) is 3.93. The van der Waals surface area contributed by atoms with Gasteiger partial charge in [0.05, 0.1) is 10.5 Å². The number of nitro groups is 1. The third-order valence-corrected chi connectivity index (χ3v) is 2.51. The molecule has 2 aromatic rings. The summed E-state index contributed by atoms with van der Waals surface area (Å²) in [5, 5.41) is 22.2. The van der Waals surface area contributed by atoms with Gasteiger partial charge in [-0.1, -0.05) is 6.07 Å². The van der Waals surface area contributed by atoms with E-state index in [0.29, 0.717) is 0 Å².